The van der Waals surface area contributed by atoms with Crippen LogP contribution in [0.1, 0.15) is 5.69 Å². The number of aromatic nitrogens is 2. The van der Waals surface area contributed by atoms with E-state index in [4.69, 9.17) is 5.73 Å². The summed E-state index contributed by atoms with van der Waals surface area (Å²) in [5, 5.41) is 0. The molecule has 0 aliphatic rings. The van der Waals surface area contributed by atoms with Crippen molar-refractivity contribution in [2.75, 3.05) is 7.11 Å². The standard InChI is InChI=1S/C11H13N3O2/c1-16-11(15)9(12)6-8-7-14-5-3-2-4-10(14)13-8/h2-5,7,9H,6,12H2,1H3. The van der Waals surface area contributed by atoms with E-state index in [9.17, 15) is 4.79 Å². The molecule has 0 spiro atoms. The van der Waals surface area contributed by atoms with Crippen LogP contribution in [0, 0.1) is 0 Å². The number of imidazole rings is 1. The monoisotopic (exact) mass is 219 g/mol. The Morgan fingerprint density at radius 1 is 1.62 bits per heavy atom. The van der Waals surface area contributed by atoms with Crippen molar-refractivity contribution in [2.45, 2.75) is 12.5 Å². The summed E-state index contributed by atoms with van der Waals surface area (Å²) in [6, 6.07) is 5.06. The predicted molar refractivity (Wildman–Crippen MR) is 58.9 cm³/mol. The number of hydrogen-bond donors (Lipinski definition) is 1. The molecule has 5 nitrogen and oxygen atoms in total. The van der Waals surface area contributed by atoms with E-state index in [1.807, 2.05) is 35.0 Å². The molecule has 0 saturated carbocycles. The molecule has 0 saturated heterocycles. The number of fused-ring (bicyclic) bond motifs is 1. The SMILES string of the molecule is COC(=O)C(N)Cc1cn2ccccc2n1. The Morgan fingerprint density at radius 2 is 2.44 bits per heavy atom. The van der Waals surface area contributed by atoms with Gasteiger partial charge in [0.25, 0.3) is 0 Å². The third kappa shape index (κ3) is 2.04. The van der Waals surface area contributed by atoms with Crippen LogP contribution in [0.3, 0.4) is 0 Å². The number of pyridine rings is 1. The van der Waals surface area contributed by atoms with Crippen molar-refractivity contribution in [3.8, 4) is 0 Å². The second kappa shape index (κ2) is 4.32. The fourth-order valence-electron chi connectivity index (χ4n) is 1.55. The second-order valence-electron chi connectivity index (χ2n) is 3.53. The molecule has 0 aromatic carbocycles. The molecule has 0 aliphatic carbocycles. The summed E-state index contributed by atoms with van der Waals surface area (Å²) in [6.45, 7) is 0. The fourth-order valence-corrected chi connectivity index (χ4v) is 1.55. The quantitative estimate of drug-likeness (QED) is 0.757. The molecule has 2 aromatic heterocycles. The van der Waals surface area contributed by atoms with Crippen molar-refractivity contribution in [1.29, 1.82) is 0 Å². The zero-order valence-corrected chi connectivity index (χ0v) is 8.96. The van der Waals surface area contributed by atoms with Crippen LogP contribution in [0.25, 0.3) is 5.65 Å². The first kappa shape index (κ1) is 10.6. The number of carbonyl (C=O) groups excluding carboxylic acids is 1. The molecule has 1 unspecified atom stereocenters. The van der Waals surface area contributed by atoms with Crippen LogP contribution >= 0.6 is 0 Å². The minimum absolute atomic E-state index is 0.383. The smallest absolute Gasteiger partial charge is 0.323 e. The number of rotatable bonds is 3. The van der Waals surface area contributed by atoms with Crippen LogP contribution < -0.4 is 5.73 Å². The number of ether oxygens (including phenoxy) is 1. The molecule has 2 N–H and O–H groups in total. The van der Waals surface area contributed by atoms with Crippen molar-refractivity contribution in [2.24, 2.45) is 5.73 Å². The maximum atomic E-state index is 11.1. The Labute approximate surface area is 92.8 Å². The topological polar surface area (TPSA) is 69.6 Å². The van der Waals surface area contributed by atoms with Crippen LogP contribution in [0.15, 0.2) is 30.6 Å². The van der Waals surface area contributed by atoms with E-state index < -0.39 is 12.0 Å². The molecule has 16 heavy (non-hydrogen) atoms. The van der Waals surface area contributed by atoms with Crippen LogP contribution in [0.2, 0.25) is 0 Å². The maximum absolute atomic E-state index is 11.1. The highest BCUT2D eigenvalue weighted by Gasteiger charge is 2.15. The first-order chi connectivity index (χ1) is 7.70. The van der Waals surface area contributed by atoms with Gasteiger partial charge in [0.1, 0.15) is 11.7 Å². The van der Waals surface area contributed by atoms with E-state index in [0.717, 1.165) is 11.3 Å². The first-order valence-electron chi connectivity index (χ1n) is 4.96. The predicted octanol–water partition coefficient (Wildman–Crippen LogP) is 0.377. The third-order valence-corrected chi connectivity index (χ3v) is 2.35. The number of methoxy groups -OCH3 is 1. The van der Waals surface area contributed by atoms with Gasteiger partial charge in [0.15, 0.2) is 0 Å². The van der Waals surface area contributed by atoms with E-state index in [2.05, 4.69) is 9.72 Å². The molecule has 2 rings (SSSR count). The van der Waals surface area contributed by atoms with Crippen LogP contribution in [0.4, 0.5) is 0 Å². The van der Waals surface area contributed by atoms with Crippen LogP contribution in [-0.2, 0) is 16.0 Å². The summed E-state index contributed by atoms with van der Waals surface area (Å²) in [5.74, 6) is -0.419. The Balaban J connectivity index is 2.18. The largest absolute Gasteiger partial charge is 0.468 e. The van der Waals surface area contributed by atoms with Crippen LogP contribution in [-0.4, -0.2) is 28.5 Å². The van der Waals surface area contributed by atoms with Crippen molar-refractivity contribution < 1.29 is 9.53 Å². The lowest BCUT2D eigenvalue weighted by Gasteiger charge is -2.05. The van der Waals surface area contributed by atoms with Crippen molar-refractivity contribution in [3.05, 3.63) is 36.3 Å². The van der Waals surface area contributed by atoms with Gasteiger partial charge in [-0.05, 0) is 12.1 Å². The summed E-state index contributed by atoms with van der Waals surface area (Å²) in [5.41, 5.74) is 7.28. The summed E-state index contributed by atoms with van der Waals surface area (Å²) in [4.78, 5) is 15.5. The van der Waals surface area contributed by atoms with Crippen molar-refractivity contribution in [3.63, 3.8) is 0 Å². The van der Waals surface area contributed by atoms with Gasteiger partial charge in [-0.3, -0.25) is 4.79 Å². The Hall–Kier alpha value is -1.88. The Kier molecular flexibility index (Phi) is 2.87. The number of nitrogens with zero attached hydrogens (tertiary/aromatic N) is 2. The lowest BCUT2D eigenvalue weighted by Crippen LogP contribution is -2.33. The molecule has 0 radical (unpaired) electrons. The van der Waals surface area contributed by atoms with E-state index >= 15 is 0 Å². The zero-order chi connectivity index (χ0) is 11.5. The fraction of sp³-hybridized carbons (Fsp3) is 0.273. The average Bonchev–Trinajstić information content (AvgIpc) is 2.69. The second-order valence-corrected chi connectivity index (χ2v) is 3.53. The highest BCUT2D eigenvalue weighted by molar-refractivity contribution is 5.75. The molecule has 0 fully saturated rings. The van der Waals surface area contributed by atoms with Gasteiger partial charge >= 0.3 is 5.97 Å². The van der Waals surface area contributed by atoms with E-state index in [0.29, 0.717) is 6.42 Å². The number of nitrogens with two attached hydrogens (primary N) is 1. The highest BCUT2D eigenvalue weighted by atomic mass is 16.5. The molecule has 84 valence electrons. The maximum Gasteiger partial charge on any atom is 0.323 e. The van der Waals surface area contributed by atoms with E-state index in [1.165, 1.54) is 7.11 Å². The number of carbonyl (C=O) groups is 1. The van der Waals surface area contributed by atoms with Gasteiger partial charge in [-0.25, -0.2) is 4.98 Å². The van der Waals surface area contributed by atoms with Gasteiger partial charge in [-0.15, -0.1) is 0 Å². The number of esters is 1. The lowest BCUT2D eigenvalue weighted by atomic mass is 10.2. The van der Waals surface area contributed by atoms with Crippen LogP contribution in [0.5, 0.6) is 0 Å². The van der Waals surface area contributed by atoms with E-state index in [-0.39, 0.29) is 0 Å². The molecule has 2 aromatic rings. The minimum Gasteiger partial charge on any atom is -0.468 e. The Morgan fingerprint density at radius 3 is 3.12 bits per heavy atom. The zero-order valence-electron chi connectivity index (χ0n) is 8.96. The summed E-state index contributed by atoms with van der Waals surface area (Å²) in [6.07, 6.45) is 4.14. The molecule has 0 amide bonds. The first-order valence-corrected chi connectivity index (χ1v) is 4.96. The molecule has 1 atom stereocenters. The normalized spacial score (nSPS) is 12.6. The lowest BCUT2D eigenvalue weighted by molar-refractivity contribution is -0.142. The molecule has 0 bridgehead atoms. The summed E-state index contributed by atoms with van der Waals surface area (Å²) in [7, 11) is 1.33. The van der Waals surface area contributed by atoms with Gasteiger partial charge in [0.05, 0.1) is 12.8 Å². The molecule has 0 aliphatic heterocycles. The minimum atomic E-state index is -0.657. The highest BCUT2D eigenvalue weighted by Crippen LogP contribution is 2.06. The third-order valence-electron chi connectivity index (χ3n) is 2.35. The van der Waals surface area contributed by atoms with E-state index in [1.54, 1.807) is 0 Å². The van der Waals surface area contributed by atoms with Gasteiger partial charge in [-0.2, -0.15) is 0 Å². The molecule has 5 heteroatoms. The Bertz CT molecular complexity index is 474. The van der Waals surface area contributed by atoms with Gasteiger partial charge < -0.3 is 14.9 Å². The van der Waals surface area contributed by atoms with Gasteiger partial charge in [-0.1, -0.05) is 6.07 Å². The molecule has 2 heterocycles. The van der Waals surface area contributed by atoms with Gasteiger partial charge in [0, 0.05) is 18.8 Å². The average molecular weight is 219 g/mol. The van der Waals surface area contributed by atoms with Gasteiger partial charge in [0.2, 0.25) is 0 Å². The van der Waals surface area contributed by atoms with Crippen molar-refractivity contribution >= 4 is 11.6 Å². The molecular weight excluding hydrogens is 206 g/mol. The number of hydrogen-bond acceptors (Lipinski definition) is 4. The van der Waals surface area contributed by atoms with Crippen molar-refractivity contribution in [1.82, 2.24) is 9.38 Å². The molecular formula is C11H13N3O2. The summed E-state index contributed by atoms with van der Waals surface area (Å²) < 4.78 is 6.45. The summed E-state index contributed by atoms with van der Waals surface area (Å²) >= 11 is 0.